The molecule has 2 heterocycles. The zero-order chi connectivity index (χ0) is 25.6. The number of nitrogens with one attached hydrogen (secondary N) is 1. The predicted octanol–water partition coefficient (Wildman–Crippen LogP) is 4.73. The average molecular weight is 494 g/mol. The van der Waals surface area contributed by atoms with Crippen LogP contribution in [0.2, 0.25) is 0 Å². The molecule has 0 fully saturated rings. The maximum Gasteiger partial charge on any atom is 0.255 e. The molecule has 37 heavy (non-hydrogen) atoms. The number of carbonyl (C=O) groups excluding carboxylic acids is 1. The van der Waals surface area contributed by atoms with Gasteiger partial charge in [-0.1, -0.05) is 42.5 Å². The predicted molar refractivity (Wildman–Crippen MR) is 141 cm³/mol. The van der Waals surface area contributed by atoms with Crippen LogP contribution >= 0.6 is 0 Å². The Bertz CT molecular complexity index is 1480. The number of hydrogen-bond acceptors (Lipinski definition) is 5. The second-order valence-electron chi connectivity index (χ2n) is 8.47. The van der Waals surface area contributed by atoms with Crippen molar-refractivity contribution in [2.45, 2.75) is 13.1 Å². The van der Waals surface area contributed by atoms with Gasteiger partial charge in [0.2, 0.25) is 0 Å². The van der Waals surface area contributed by atoms with Crippen molar-refractivity contribution in [1.82, 2.24) is 24.6 Å². The zero-order valence-corrected chi connectivity index (χ0v) is 20.7. The highest BCUT2D eigenvalue weighted by atomic mass is 16.5. The number of carbonyl (C=O) groups is 1. The molecule has 0 aliphatic heterocycles. The lowest BCUT2D eigenvalue weighted by Gasteiger charge is -2.11. The molecule has 8 heteroatoms. The first-order valence-electron chi connectivity index (χ1n) is 11.8. The fraction of sp³-hybridized carbons (Fsp3) is 0.138. The molecule has 0 aliphatic carbocycles. The Morgan fingerprint density at radius 2 is 1.73 bits per heavy atom. The number of methoxy groups -OCH3 is 2. The normalized spacial score (nSPS) is 10.8. The lowest BCUT2D eigenvalue weighted by molar-refractivity contribution is 0.0951. The van der Waals surface area contributed by atoms with Gasteiger partial charge in [-0.25, -0.2) is 9.67 Å². The molecule has 3 aromatic carbocycles. The molecular formula is C29H27N5O3. The van der Waals surface area contributed by atoms with Gasteiger partial charge in [-0.2, -0.15) is 5.10 Å². The summed E-state index contributed by atoms with van der Waals surface area (Å²) in [5, 5.41) is 7.81. The number of imidazole rings is 1. The molecule has 0 saturated heterocycles. The molecule has 0 spiro atoms. The van der Waals surface area contributed by atoms with Crippen LogP contribution in [0, 0.1) is 0 Å². The van der Waals surface area contributed by atoms with Crippen molar-refractivity contribution in [3.8, 4) is 28.4 Å². The maximum atomic E-state index is 13.4. The molecule has 2 aromatic heterocycles. The molecule has 0 saturated carbocycles. The third kappa shape index (κ3) is 5.38. The van der Waals surface area contributed by atoms with Gasteiger partial charge in [-0.05, 0) is 35.4 Å². The van der Waals surface area contributed by atoms with Gasteiger partial charge in [0.15, 0.2) is 0 Å². The SMILES string of the molecule is COc1ccc(-c2nn(-c3ccccc3)cc2C(=O)NCc2ccc(Cn3ccnc3)cc2)c(OC)c1. The molecule has 0 radical (unpaired) electrons. The number of hydrogen-bond donors (Lipinski definition) is 1. The van der Waals surface area contributed by atoms with Gasteiger partial charge in [-0.15, -0.1) is 0 Å². The van der Waals surface area contributed by atoms with E-state index in [0.29, 0.717) is 34.9 Å². The topological polar surface area (TPSA) is 83.2 Å². The molecule has 8 nitrogen and oxygen atoms in total. The van der Waals surface area contributed by atoms with E-state index in [2.05, 4.69) is 22.4 Å². The van der Waals surface area contributed by atoms with E-state index in [1.807, 2.05) is 65.4 Å². The monoisotopic (exact) mass is 493 g/mol. The van der Waals surface area contributed by atoms with E-state index in [9.17, 15) is 4.79 Å². The second-order valence-corrected chi connectivity index (χ2v) is 8.47. The molecular weight excluding hydrogens is 466 g/mol. The van der Waals surface area contributed by atoms with Crippen LogP contribution in [0.15, 0.2) is 97.7 Å². The minimum absolute atomic E-state index is 0.224. The molecule has 5 rings (SSSR count). The lowest BCUT2D eigenvalue weighted by atomic mass is 10.1. The molecule has 0 unspecified atom stereocenters. The van der Waals surface area contributed by atoms with Gasteiger partial charge in [0.1, 0.15) is 17.2 Å². The average Bonchev–Trinajstić information content (AvgIpc) is 3.63. The van der Waals surface area contributed by atoms with Crippen LogP contribution in [-0.2, 0) is 13.1 Å². The molecule has 186 valence electrons. The van der Waals surface area contributed by atoms with E-state index in [1.165, 1.54) is 0 Å². The van der Waals surface area contributed by atoms with E-state index in [4.69, 9.17) is 14.6 Å². The van der Waals surface area contributed by atoms with Crippen LogP contribution < -0.4 is 14.8 Å². The van der Waals surface area contributed by atoms with Gasteiger partial charge in [0.25, 0.3) is 5.91 Å². The van der Waals surface area contributed by atoms with Crippen LogP contribution in [0.3, 0.4) is 0 Å². The zero-order valence-electron chi connectivity index (χ0n) is 20.7. The highest BCUT2D eigenvalue weighted by Crippen LogP contribution is 2.34. The molecule has 5 aromatic rings. The van der Waals surface area contributed by atoms with Crippen molar-refractivity contribution in [3.05, 3.63) is 114 Å². The summed E-state index contributed by atoms with van der Waals surface area (Å²) >= 11 is 0. The van der Waals surface area contributed by atoms with E-state index < -0.39 is 0 Å². The summed E-state index contributed by atoms with van der Waals surface area (Å²) in [6.07, 6.45) is 7.23. The van der Waals surface area contributed by atoms with Crippen molar-refractivity contribution in [3.63, 3.8) is 0 Å². The third-order valence-corrected chi connectivity index (χ3v) is 6.04. The van der Waals surface area contributed by atoms with Gasteiger partial charge in [0, 0.05) is 43.3 Å². The summed E-state index contributed by atoms with van der Waals surface area (Å²) in [6, 6.07) is 23.3. The van der Waals surface area contributed by atoms with Gasteiger partial charge in [0.05, 0.1) is 31.8 Å². The number of rotatable bonds is 9. The van der Waals surface area contributed by atoms with E-state index in [1.54, 1.807) is 43.7 Å². The fourth-order valence-electron chi connectivity index (χ4n) is 4.08. The summed E-state index contributed by atoms with van der Waals surface area (Å²) in [6.45, 7) is 1.14. The molecule has 0 aliphatic rings. The van der Waals surface area contributed by atoms with Gasteiger partial charge < -0.3 is 19.4 Å². The Kier molecular flexibility index (Phi) is 6.98. The number of ether oxygens (including phenoxy) is 2. The molecule has 0 bridgehead atoms. The highest BCUT2D eigenvalue weighted by molar-refractivity contribution is 6.00. The molecule has 1 N–H and O–H groups in total. The standard InChI is InChI=1S/C29H27N5O3/c1-36-24-12-13-25(27(16-24)37-2)28-26(19-34(32-28)23-6-4-3-5-7-23)29(35)31-17-21-8-10-22(11-9-21)18-33-15-14-30-20-33/h3-16,19-20H,17-18H2,1-2H3,(H,31,35). The quantitative estimate of drug-likeness (QED) is 0.321. The maximum absolute atomic E-state index is 13.4. The summed E-state index contributed by atoms with van der Waals surface area (Å²) < 4.78 is 14.7. The second kappa shape index (κ2) is 10.8. The molecule has 1 amide bonds. The van der Waals surface area contributed by atoms with Gasteiger partial charge >= 0.3 is 0 Å². The van der Waals surface area contributed by atoms with Crippen LogP contribution in [0.25, 0.3) is 16.9 Å². The first kappa shape index (κ1) is 23.9. The van der Waals surface area contributed by atoms with E-state index in [0.717, 1.165) is 23.4 Å². The Morgan fingerprint density at radius 1 is 0.946 bits per heavy atom. The smallest absolute Gasteiger partial charge is 0.255 e. The Balaban J connectivity index is 1.40. The van der Waals surface area contributed by atoms with Crippen LogP contribution in [-0.4, -0.2) is 39.5 Å². The van der Waals surface area contributed by atoms with Crippen molar-refractivity contribution in [2.75, 3.05) is 14.2 Å². The minimum Gasteiger partial charge on any atom is -0.497 e. The number of benzene rings is 3. The largest absolute Gasteiger partial charge is 0.497 e. The minimum atomic E-state index is -0.224. The van der Waals surface area contributed by atoms with E-state index in [-0.39, 0.29) is 5.91 Å². The van der Waals surface area contributed by atoms with Crippen molar-refractivity contribution >= 4 is 5.91 Å². The first-order chi connectivity index (χ1) is 18.1. The van der Waals surface area contributed by atoms with Gasteiger partial charge in [-0.3, -0.25) is 4.79 Å². The fourth-order valence-corrected chi connectivity index (χ4v) is 4.08. The Hall–Kier alpha value is -4.85. The van der Waals surface area contributed by atoms with Crippen molar-refractivity contribution < 1.29 is 14.3 Å². The number of aromatic nitrogens is 4. The summed E-state index contributed by atoms with van der Waals surface area (Å²) in [5.74, 6) is 1.00. The number of para-hydroxylation sites is 1. The van der Waals surface area contributed by atoms with Crippen LogP contribution in [0.4, 0.5) is 0 Å². The Morgan fingerprint density at radius 3 is 2.43 bits per heavy atom. The van der Waals surface area contributed by atoms with Crippen molar-refractivity contribution in [2.24, 2.45) is 0 Å². The summed E-state index contributed by atoms with van der Waals surface area (Å²) in [4.78, 5) is 17.5. The number of amides is 1. The summed E-state index contributed by atoms with van der Waals surface area (Å²) in [5.41, 5.74) is 4.68. The van der Waals surface area contributed by atoms with Crippen LogP contribution in [0.5, 0.6) is 11.5 Å². The summed E-state index contributed by atoms with van der Waals surface area (Å²) in [7, 11) is 3.18. The highest BCUT2D eigenvalue weighted by Gasteiger charge is 2.21. The van der Waals surface area contributed by atoms with E-state index >= 15 is 0 Å². The molecule has 0 atom stereocenters. The number of nitrogens with zero attached hydrogens (tertiary/aromatic N) is 4. The van der Waals surface area contributed by atoms with Crippen LogP contribution in [0.1, 0.15) is 21.5 Å². The lowest BCUT2D eigenvalue weighted by Crippen LogP contribution is -2.23. The third-order valence-electron chi connectivity index (χ3n) is 6.04. The van der Waals surface area contributed by atoms with Crippen molar-refractivity contribution in [1.29, 1.82) is 0 Å². The first-order valence-corrected chi connectivity index (χ1v) is 11.8. The Labute approximate surface area is 215 Å².